The summed E-state index contributed by atoms with van der Waals surface area (Å²) in [6.07, 6.45) is 0.895. The molecule has 0 aliphatic carbocycles. The van der Waals surface area contributed by atoms with Crippen molar-refractivity contribution in [2.24, 2.45) is 4.99 Å². The van der Waals surface area contributed by atoms with E-state index in [-0.39, 0.29) is 18.4 Å². The van der Waals surface area contributed by atoms with Crippen molar-refractivity contribution in [3.05, 3.63) is 0 Å². The largest absolute Gasteiger partial charge is 0.355 e. The molecular formula is C10H17N3O2S2. The fraction of sp³-hybridized carbons (Fsp3) is 0.700. The molecule has 2 amide bonds. The lowest BCUT2D eigenvalue weighted by atomic mass is 10.4. The molecule has 5 nitrogen and oxygen atoms in total. The fourth-order valence-electron chi connectivity index (χ4n) is 1.09. The van der Waals surface area contributed by atoms with Gasteiger partial charge in [0.2, 0.25) is 11.8 Å². The first-order valence-electron chi connectivity index (χ1n) is 5.56. The van der Waals surface area contributed by atoms with Gasteiger partial charge in [0.1, 0.15) is 4.38 Å². The summed E-state index contributed by atoms with van der Waals surface area (Å²) in [6.45, 7) is 3.53. The zero-order valence-electron chi connectivity index (χ0n) is 9.82. The molecule has 1 aliphatic heterocycles. The molecule has 2 N–H and O–H groups in total. The second kappa shape index (κ2) is 8.41. The zero-order valence-corrected chi connectivity index (χ0v) is 11.5. The summed E-state index contributed by atoms with van der Waals surface area (Å²) in [4.78, 5) is 26.8. The molecule has 0 aromatic heterocycles. The van der Waals surface area contributed by atoms with Crippen molar-refractivity contribution in [2.75, 3.05) is 31.1 Å². The number of thioether (sulfide) groups is 2. The van der Waals surface area contributed by atoms with Crippen LogP contribution in [0.25, 0.3) is 0 Å². The van der Waals surface area contributed by atoms with E-state index in [4.69, 9.17) is 0 Å². The number of carbonyl (C=O) groups excluding carboxylic acids is 2. The number of aliphatic imine (C=N–C) groups is 1. The van der Waals surface area contributed by atoms with Crippen LogP contribution in [0, 0.1) is 0 Å². The molecule has 0 saturated carbocycles. The second-order valence-electron chi connectivity index (χ2n) is 3.41. The van der Waals surface area contributed by atoms with Crippen LogP contribution in [0.15, 0.2) is 4.99 Å². The highest BCUT2D eigenvalue weighted by Crippen LogP contribution is 2.21. The number of carbonyl (C=O) groups is 2. The Morgan fingerprint density at radius 2 is 2.24 bits per heavy atom. The van der Waals surface area contributed by atoms with E-state index in [0.717, 1.165) is 23.1 Å². The van der Waals surface area contributed by atoms with E-state index in [1.165, 1.54) is 11.8 Å². The van der Waals surface area contributed by atoms with Gasteiger partial charge in [-0.2, -0.15) is 0 Å². The molecule has 0 radical (unpaired) electrons. The van der Waals surface area contributed by atoms with Crippen molar-refractivity contribution in [2.45, 2.75) is 13.3 Å². The Bertz CT molecular complexity index is 308. The molecule has 96 valence electrons. The van der Waals surface area contributed by atoms with Crippen molar-refractivity contribution in [1.29, 1.82) is 0 Å². The van der Waals surface area contributed by atoms with Gasteiger partial charge in [-0.1, -0.05) is 30.4 Å². The Labute approximate surface area is 110 Å². The predicted octanol–water partition coefficient (Wildman–Crippen LogP) is 0.465. The SMILES string of the molecule is CCCNC(=O)CNC(=O)CSC1=NCCS1. The summed E-state index contributed by atoms with van der Waals surface area (Å²) in [5.74, 6) is 1.06. The lowest BCUT2D eigenvalue weighted by Gasteiger charge is -2.05. The molecule has 0 aromatic carbocycles. The molecule has 1 heterocycles. The number of nitrogens with zero attached hydrogens (tertiary/aromatic N) is 1. The van der Waals surface area contributed by atoms with Crippen LogP contribution < -0.4 is 10.6 Å². The van der Waals surface area contributed by atoms with Crippen LogP contribution in [-0.2, 0) is 9.59 Å². The molecule has 0 saturated heterocycles. The maximum atomic E-state index is 11.4. The third-order valence-corrected chi connectivity index (χ3v) is 4.16. The molecule has 0 fully saturated rings. The fourth-order valence-corrected chi connectivity index (χ4v) is 2.93. The van der Waals surface area contributed by atoms with Crippen LogP contribution >= 0.6 is 23.5 Å². The first-order valence-corrected chi connectivity index (χ1v) is 7.53. The van der Waals surface area contributed by atoms with Gasteiger partial charge in [-0.05, 0) is 6.42 Å². The highest BCUT2D eigenvalue weighted by molar-refractivity contribution is 8.39. The standard InChI is InChI=1S/C10H17N3O2S2/c1-2-3-11-8(14)6-13-9(15)7-17-10-12-4-5-16-10/h2-7H2,1H3,(H,11,14)(H,13,15). The number of hydrogen-bond donors (Lipinski definition) is 2. The Morgan fingerprint density at radius 1 is 1.41 bits per heavy atom. The maximum Gasteiger partial charge on any atom is 0.239 e. The molecule has 0 bridgehead atoms. The number of nitrogens with one attached hydrogen (secondary N) is 2. The van der Waals surface area contributed by atoms with Gasteiger partial charge < -0.3 is 10.6 Å². The summed E-state index contributed by atoms with van der Waals surface area (Å²) in [5, 5.41) is 5.28. The van der Waals surface area contributed by atoms with E-state index in [9.17, 15) is 9.59 Å². The summed E-state index contributed by atoms with van der Waals surface area (Å²) >= 11 is 3.10. The van der Waals surface area contributed by atoms with Crippen LogP contribution in [0.2, 0.25) is 0 Å². The van der Waals surface area contributed by atoms with E-state index < -0.39 is 0 Å². The molecule has 1 aliphatic rings. The summed E-state index contributed by atoms with van der Waals surface area (Å²) in [5.41, 5.74) is 0. The van der Waals surface area contributed by atoms with Crippen LogP contribution in [0.4, 0.5) is 0 Å². The van der Waals surface area contributed by atoms with E-state index in [2.05, 4.69) is 15.6 Å². The van der Waals surface area contributed by atoms with Gasteiger partial charge >= 0.3 is 0 Å². The van der Waals surface area contributed by atoms with E-state index in [1.54, 1.807) is 11.8 Å². The molecule has 0 atom stereocenters. The van der Waals surface area contributed by atoms with E-state index >= 15 is 0 Å². The third-order valence-electron chi connectivity index (χ3n) is 1.90. The van der Waals surface area contributed by atoms with Gasteiger partial charge in [0, 0.05) is 12.3 Å². The van der Waals surface area contributed by atoms with Gasteiger partial charge in [0.25, 0.3) is 0 Å². The monoisotopic (exact) mass is 275 g/mol. The Morgan fingerprint density at radius 3 is 2.88 bits per heavy atom. The van der Waals surface area contributed by atoms with Gasteiger partial charge in [-0.15, -0.1) is 0 Å². The molecule has 0 unspecified atom stereocenters. The topological polar surface area (TPSA) is 70.6 Å². The molecule has 0 aromatic rings. The first-order chi connectivity index (χ1) is 8.22. The minimum absolute atomic E-state index is 0.0546. The van der Waals surface area contributed by atoms with E-state index in [1.807, 2.05) is 6.92 Å². The quantitative estimate of drug-likeness (QED) is 0.739. The van der Waals surface area contributed by atoms with Crippen molar-refractivity contribution in [3.8, 4) is 0 Å². The summed E-state index contributed by atoms with van der Waals surface area (Å²) in [6, 6.07) is 0. The van der Waals surface area contributed by atoms with Crippen molar-refractivity contribution < 1.29 is 9.59 Å². The number of amides is 2. The first kappa shape index (κ1) is 14.4. The highest BCUT2D eigenvalue weighted by atomic mass is 32.2. The third kappa shape index (κ3) is 6.58. The van der Waals surface area contributed by atoms with Crippen LogP contribution in [0.5, 0.6) is 0 Å². The van der Waals surface area contributed by atoms with Gasteiger partial charge in [-0.3, -0.25) is 14.6 Å². The zero-order chi connectivity index (χ0) is 12.5. The molecule has 7 heteroatoms. The number of rotatable bonds is 6. The molecular weight excluding hydrogens is 258 g/mol. The van der Waals surface area contributed by atoms with Gasteiger partial charge in [-0.25, -0.2) is 0 Å². The lowest BCUT2D eigenvalue weighted by molar-refractivity contribution is -0.124. The summed E-state index contributed by atoms with van der Waals surface area (Å²) < 4.78 is 0.968. The van der Waals surface area contributed by atoms with Crippen molar-refractivity contribution >= 4 is 39.7 Å². The van der Waals surface area contributed by atoms with Crippen molar-refractivity contribution in [3.63, 3.8) is 0 Å². The average Bonchev–Trinajstić information content (AvgIpc) is 2.84. The minimum Gasteiger partial charge on any atom is -0.355 e. The van der Waals surface area contributed by atoms with E-state index in [0.29, 0.717) is 12.3 Å². The predicted molar refractivity (Wildman–Crippen MR) is 73.5 cm³/mol. The normalized spacial score (nSPS) is 14.3. The Hall–Kier alpha value is -0.690. The molecule has 1 rings (SSSR count). The highest BCUT2D eigenvalue weighted by Gasteiger charge is 2.10. The van der Waals surface area contributed by atoms with Gasteiger partial charge in [0.15, 0.2) is 0 Å². The maximum absolute atomic E-state index is 11.4. The van der Waals surface area contributed by atoms with Gasteiger partial charge in [0.05, 0.1) is 18.8 Å². The smallest absolute Gasteiger partial charge is 0.239 e. The Kier molecular flexibility index (Phi) is 7.11. The molecule has 0 spiro atoms. The Balaban J connectivity index is 2.06. The lowest BCUT2D eigenvalue weighted by Crippen LogP contribution is -2.37. The second-order valence-corrected chi connectivity index (χ2v) is 5.72. The molecule has 17 heavy (non-hydrogen) atoms. The number of hydrogen-bond acceptors (Lipinski definition) is 5. The van der Waals surface area contributed by atoms with Crippen LogP contribution in [-0.4, -0.2) is 47.3 Å². The van der Waals surface area contributed by atoms with Crippen LogP contribution in [0.3, 0.4) is 0 Å². The van der Waals surface area contributed by atoms with Crippen molar-refractivity contribution in [1.82, 2.24) is 10.6 Å². The van der Waals surface area contributed by atoms with Crippen LogP contribution in [0.1, 0.15) is 13.3 Å². The average molecular weight is 275 g/mol. The minimum atomic E-state index is -0.141. The summed E-state index contributed by atoms with van der Waals surface area (Å²) in [7, 11) is 0.